The van der Waals surface area contributed by atoms with E-state index in [1.54, 1.807) is 12.0 Å². The van der Waals surface area contributed by atoms with Gasteiger partial charge in [0.25, 0.3) is 5.91 Å². The summed E-state index contributed by atoms with van der Waals surface area (Å²) in [6.45, 7) is 15.8. The third-order valence-electron chi connectivity index (χ3n) is 12.5. The molecule has 11 heteroatoms. The third kappa shape index (κ3) is 8.91. The molecule has 2 bridgehead atoms. The lowest BCUT2D eigenvalue weighted by atomic mass is 9.45. The molecule has 0 radical (unpaired) electrons. The first-order chi connectivity index (χ1) is 25.5. The molecule has 11 nitrogen and oxygen atoms in total. The van der Waals surface area contributed by atoms with Gasteiger partial charge in [0.15, 0.2) is 0 Å². The summed E-state index contributed by atoms with van der Waals surface area (Å²) in [7, 11) is 7.95. The molecule has 3 saturated carbocycles. The van der Waals surface area contributed by atoms with Crippen molar-refractivity contribution in [1.82, 2.24) is 20.6 Å². The molecule has 9 atom stereocenters. The number of fused-ring (bicyclic) bond motifs is 2. The predicted molar refractivity (Wildman–Crippen MR) is 214 cm³/mol. The molecule has 4 aliphatic rings. The zero-order valence-electron chi connectivity index (χ0n) is 34.6. The molecular weight excluding hydrogens is 683 g/mol. The minimum absolute atomic E-state index is 0.000968. The Labute approximate surface area is 323 Å². The molecule has 1 saturated heterocycles. The second-order valence-electron chi connectivity index (χ2n) is 17.7. The highest BCUT2D eigenvalue weighted by atomic mass is 16.7. The van der Waals surface area contributed by atoms with E-state index in [9.17, 15) is 19.8 Å². The van der Waals surface area contributed by atoms with Gasteiger partial charge in [0.2, 0.25) is 5.91 Å². The van der Waals surface area contributed by atoms with Crippen LogP contribution in [0.15, 0.2) is 36.4 Å². The average molecular weight is 750 g/mol. The van der Waals surface area contributed by atoms with Crippen LogP contribution in [0.1, 0.15) is 83.7 Å². The smallest absolute Gasteiger partial charge is 0.251 e. The highest BCUT2D eigenvalue weighted by molar-refractivity contribution is 5.97. The van der Waals surface area contributed by atoms with E-state index < -0.39 is 24.2 Å². The number of hydroxylamine groups is 2. The first-order valence-corrected chi connectivity index (χ1v) is 20.0. The Morgan fingerprint density at radius 1 is 1.09 bits per heavy atom. The largest absolute Gasteiger partial charge is 0.493 e. The van der Waals surface area contributed by atoms with Gasteiger partial charge in [0.1, 0.15) is 17.9 Å². The van der Waals surface area contributed by atoms with Crippen molar-refractivity contribution >= 4 is 17.5 Å². The van der Waals surface area contributed by atoms with Crippen LogP contribution in [0.4, 0.5) is 5.69 Å². The van der Waals surface area contributed by atoms with E-state index in [4.69, 9.17) is 9.57 Å². The van der Waals surface area contributed by atoms with Gasteiger partial charge in [0, 0.05) is 61.0 Å². The Balaban J connectivity index is 1.47. The molecule has 2 aromatic rings. The van der Waals surface area contributed by atoms with Gasteiger partial charge in [-0.2, -0.15) is 5.06 Å². The van der Waals surface area contributed by atoms with Crippen LogP contribution < -0.4 is 20.3 Å². The van der Waals surface area contributed by atoms with Crippen molar-refractivity contribution in [1.29, 1.82) is 0 Å². The normalized spacial score (nSPS) is 27.4. The number of hydrogen-bond acceptors (Lipinski definition) is 9. The molecule has 0 aromatic heterocycles. The van der Waals surface area contributed by atoms with E-state index in [1.807, 2.05) is 70.3 Å². The molecule has 6 rings (SSSR count). The van der Waals surface area contributed by atoms with Crippen LogP contribution in [-0.2, 0) is 16.2 Å². The Bertz CT molecular complexity index is 1600. The number of hydrogen-bond donors (Lipinski definition) is 4. The van der Waals surface area contributed by atoms with Gasteiger partial charge in [-0.05, 0) is 100 Å². The van der Waals surface area contributed by atoms with Crippen LogP contribution in [0.5, 0.6) is 5.75 Å². The first kappa shape index (κ1) is 41.9. The number of para-hydroxylation sites is 1. The Kier molecular flexibility index (Phi) is 13.4. The van der Waals surface area contributed by atoms with E-state index >= 15 is 0 Å². The second kappa shape index (κ2) is 17.3. The summed E-state index contributed by atoms with van der Waals surface area (Å²) in [5.74, 6) is 1.56. The van der Waals surface area contributed by atoms with Crippen LogP contribution >= 0.6 is 0 Å². The number of aliphatic hydroxyl groups excluding tert-OH is 2. The highest BCUT2D eigenvalue weighted by Gasteiger charge is 2.57. The number of amides is 2. The summed E-state index contributed by atoms with van der Waals surface area (Å²) in [5, 5.41) is 29.7. The monoisotopic (exact) mass is 750 g/mol. The van der Waals surface area contributed by atoms with Crippen LogP contribution in [-0.4, -0.2) is 110 Å². The summed E-state index contributed by atoms with van der Waals surface area (Å²) in [4.78, 5) is 38.6. The molecule has 1 heterocycles. The lowest BCUT2D eigenvalue weighted by Gasteiger charge is -2.62. The number of aliphatic hydroxyl groups is 2. The number of benzene rings is 2. The Hall–Kier alpha value is -3.22. The van der Waals surface area contributed by atoms with E-state index in [-0.39, 0.29) is 42.5 Å². The third-order valence-corrected chi connectivity index (χ3v) is 12.5. The summed E-state index contributed by atoms with van der Waals surface area (Å²) in [6.07, 6.45) is 1.36. The molecule has 0 spiro atoms. The van der Waals surface area contributed by atoms with Crippen molar-refractivity contribution in [2.45, 2.75) is 105 Å². The second-order valence-corrected chi connectivity index (χ2v) is 17.7. The van der Waals surface area contributed by atoms with Crippen LogP contribution in [0.25, 0.3) is 11.1 Å². The van der Waals surface area contributed by atoms with Gasteiger partial charge >= 0.3 is 0 Å². The minimum Gasteiger partial charge on any atom is -0.493 e. The topological polar surface area (TPSA) is 127 Å². The van der Waals surface area contributed by atoms with Gasteiger partial charge < -0.3 is 35.4 Å². The molecule has 0 unspecified atom stereocenters. The van der Waals surface area contributed by atoms with E-state index in [2.05, 4.69) is 56.2 Å². The molecular formula is C43H67N5O6. The summed E-state index contributed by atoms with van der Waals surface area (Å²) >= 11 is 0. The van der Waals surface area contributed by atoms with E-state index in [0.29, 0.717) is 41.6 Å². The van der Waals surface area contributed by atoms with Crippen LogP contribution in [0, 0.1) is 35.0 Å². The van der Waals surface area contributed by atoms with Crippen molar-refractivity contribution in [3.8, 4) is 16.9 Å². The maximum absolute atomic E-state index is 14.3. The molecule has 54 heavy (non-hydrogen) atoms. The van der Waals surface area contributed by atoms with E-state index in [1.165, 1.54) is 6.42 Å². The minimum atomic E-state index is -0.895. The van der Waals surface area contributed by atoms with Crippen molar-refractivity contribution in [3.05, 3.63) is 47.5 Å². The van der Waals surface area contributed by atoms with Gasteiger partial charge in [-0.1, -0.05) is 52.8 Å². The average Bonchev–Trinajstić information content (AvgIpc) is 3.47. The number of carbonyl (C=O) groups excluding carboxylic acids is 2. The number of ether oxygens (including phenoxy) is 1. The zero-order chi connectivity index (χ0) is 39.6. The molecule has 1 aliphatic heterocycles. The van der Waals surface area contributed by atoms with Crippen molar-refractivity contribution in [2.24, 2.45) is 35.0 Å². The van der Waals surface area contributed by atoms with Crippen molar-refractivity contribution in [2.75, 3.05) is 52.8 Å². The number of carbonyl (C=O) groups is 2. The zero-order valence-corrected chi connectivity index (χ0v) is 34.6. The van der Waals surface area contributed by atoms with Crippen LogP contribution in [0.2, 0.25) is 0 Å². The maximum atomic E-state index is 14.3. The summed E-state index contributed by atoms with van der Waals surface area (Å²) in [5.41, 5.74) is 4.13. The fourth-order valence-electron chi connectivity index (χ4n) is 9.52. The lowest BCUT2D eigenvalue weighted by molar-refractivity contribution is -0.183. The Morgan fingerprint density at radius 3 is 2.39 bits per heavy atom. The molecule has 2 amide bonds. The summed E-state index contributed by atoms with van der Waals surface area (Å²) < 4.78 is 6.38. The SMILES string of the molecule is CCOc1c(CN2O[C@@H](CO)[C@@H]([C@H](C)O)[C@H]2C(=O)N[C@H]2C[C@@H]3C[C@H]([C@@H]2C)C3(C)C)cccc1-c1cc(C(=O)N[C@H](CC(C)C)CN(C)C)cc(N(C)C)c1. The number of nitrogens with one attached hydrogen (secondary N) is 2. The Morgan fingerprint density at radius 2 is 1.81 bits per heavy atom. The van der Waals surface area contributed by atoms with Gasteiger partial charge in [-0.15, -0.1) is 0 Å². The fraction of sp³-hybridized carbons (Fsp3) is 0.674. The van der Waals surface area contributed by atoms with Crippen molar-refractivity contribution < 1.29 is 29.4 Å². The summed E-state index contributed by atoms with van der Waals surface area (Å²) in [6, 6.07) is 11.0. The standard InChI is InChI=1S/C43H67N5O6/c1-12-53-40-28(14-13-15-34(40)29-17-30(19-33(18-29)47(10)11)41(51)44-32(16-25(2)3)23-46(8)9)22-48-39(38(27(5)50)37(24-49)54-48)42(52)45-36-21-31-20-35(26(36)4)43(31,6)7/h13-15,17-19,25-27,31-32,35-39,49-50H,12,16,20-24H2,1-11H3,(H,44,51)(H,45,52)/t26-,27-,31-,32+,35+,36-,37-,38+,39-/m0/s1. The molecule has 4 N–H and O–H groups in total. The fourth-order valence-corrected chi connectivity index (χ4v) is 9.52. The first-order valence-electron chi connectivity index (χ1n) is 20.0. The van der Waals surface area contributed by atoms with Gasteiger partial charge in [0.05, 0.1) is 25.9 Å². The van der Waals surface area contributed by atoms with Gasteiger partial charge in [-0.25, -0.2) is 0 Å². The number of nitrogens with zero attached hydrogens (tertiary/aromatic N) is 3. The van der Waals surface area contributed by atoms with Crippen molar-refractivity contribution in [3.63, 3.8) is 0 Å². The number of likely N-dealkylation sites (N-methyl/N-ethyl adjacent to an activating group) is 1. The lowest BCUT2D eigenvalue weighted by Crippen LogP contribution is -2.62. The maximum Gasteiger partial charge on any atom is 0.251 e. The van der Waals surface area contributed by atoms with Gasteiger partial charge in [-0.3, -0.25) is 14.4 Å². The molecule has 4 fully saturated rings. The molecule has 2 aromatic carbocycles. The molecule has 300 valence electrons. The quantitative estimate of drug-likeness (QED) is 0.184. The highest BCUT2D eigenvalue weighted by Crippen LogP contribution is 2.61. The van der Waals surface area contributed by atoms with Crippen LogP contribution in [0.3, 0.4) is 0 Å². The number of rotatable bonds is 16. The van der Waals surface area contributed by atoms with E-state index in [0.717, 1.165) is 41.8 Å². The predicted octanol–water partition coefficient (Wildman–Crippen LogP) is 5.19. The number of anilines is 1. The molecule has 3 aliphatic carbocycles.